The molecule has 28 heavy (non-hydrogen) atoms. The van der Waals surface area contributed by atoms with E-state index in [0.29, 0.717) is 17.9 Å². The van der Waals surface area contributed by atoms with Gasteiger partial charge in [-0.3, -0.25) is 4.79 Å². The van der Waals surface area contributed by atoms with Gasteiger partial charge in [-0.25, -0.2) is 4.98 Å². The molecule has 4 heteroatoms. The number of aryl methyl sites for hydroxylation is 1. The average Bonchev–Trinajstić information content (AvgIpc) is 2.73. The molecule has 1 aliphatic heterocycles. The van der Waals surface area contributed by atoms with Crippen LogP contribution in [0.5, 0.6) is 0 Å². The molecule has 0 fully saturated rings. The van der Waals surface area contributed by atoms with Crippen molar-refractivity contribution in [3.8, 4) is 11.3 Å². The zero-order valence-corrected chi connectivity index (χ0v) is 16.6. The highest BCUT2D eigenvalue weighted by Crippen LogP contribution is 2.28. The van der Waals surface area contributed by atoms with Crippen molar-refractivity contribution < 1.29 is 4.79 Å². The Hall–Kier alpha value is -3.14. The predicted octanol–water partition coefficient (Wildman–Crippen LogP) is 4.32. The van der Waals surface area contributed by atoms with Gasteiger partial charge in [0.2, 0.25) is 0 Å². The van der Waals surface area contributed by atoms with Crippen molar-refractivity contribution in [3.05, 3.63) is 82.9 Å². The fraction of sp³-hybridized carbons (Fsp3) is 0.250. The lowest BCUT2D eigenvalue weighted by Crippen LogP contribution is -2.36. The summed E-state index contributed by atoms with van der Waals surface area (Å²) in [6, 6.07) is 20.4. The zero-order valence-electron chi connectivity index (χ0n) is 16.6. The minimum atomic E-state index is 0.0436. The molecule has 0 saturated carbocycles. The number of carbonyl (C=O) groups is 1. The number of hydrogen-bond acceptors (Lipinski definition) is 3. The number of rotatable bonds is 3. The first-order valence-electron chi connectivity index (χ1n) is 9.65. The molecule has 2 heterocycles. The first-order valence-corrected chi connectivity index (χ1v) is 9.65. The summed E-state index contributed by atoms with van der Waals surface area (Å²) in [7, 11) is 3.87. The van der Waals surface area contributed by atoms with Crippen LogP contribution in [0.15, 0.2) is 60.7 Å². The zero-order chi connectivity index (χ0) is 19.7. The van der Waals surface area contributed by atoms with Crippen LogP contribution in [0, 0.1) is 6.92 Å². The molecule has 142 valence electrons. The van der Waals surface area contributed by atoms with Crippen LogP contribution in [0.1, 0.15) is 27.0 Å². The summed E-state index contributed by atoms with van der Waals surface area (Å²) >= 11 is 0. The largest absolute Gasteiger partial charge is 0.362 e. The van der Waals surface area contributed by atoms with E-state index in [-0.39, 0.29) is 5.91 Å². The lowest BCUT2D eigenvalue weighted by molar-refractivity contribution is 0.0735. The highest BCUT2D eigenvalue weighted by molar-refractivity contribution is 5.99. The van der Waals surface area contributed by atoms with E-state index < -0.39 is 0 Å². The van der Waals surface area contributed by atoms with E-state index in [0.717, 1.165) is 24.2 Å². The number of aromatic nitrogens is 1. The fourth-order valence-corrected chi connectivity index (χ4v) is 3.81. The third kappa shape index (κ3) is 3.38. The van der Waals surface area contributed by atoms with Crippen molar-refractivity contribution in [1.82, 2.24) is 9.88 Å². The van der Waals surface area contributed by atoms with Crippen LogP contribution >= 0.6 is 0 Å². The summed E-state index contributed by atoms with van der Waals surface area (Å²) in [6.45, 7) is 3.47. The Morgan fingerprint density at radius 2 is 1.68 bits per heavy atom. The Bertz CT molecular complexity index is 1030. The molecule has 0 aliphatic carbocycles. The van der Waals surface area contributed by atoms with Gasteiger partial charge in [0.1, 0.15) is 5.82 Å². The number of fused-ring (bicyclic) bond motifs is 1. The molecule has 4 nitrogen and oxygen atoms in total. The van der Waals surface area contributed by atoms with Gasteiger partial charge in [0.15, 0.2) is 0 Å². The smallest absolute Gasteiger partial charge is 0.257 e. The molecule has 1 aromatic heterocycles. The molecule has 0 unspecified atom stereocenters. The van der Waals surface area contributed by atoms with Gasteiger partial charge in [-0.1, -0.05) is 48.5 Å². The third-order valence-corrected chi connectivity index (χ3v) is 5.37. The van der Waals surface area contributed by atoms with Gasteiger partial charge in [-0.15, -0.1) is 0 Å². The van der Waals surface area contributed by atoms with Gasteiger partial charge >= 0.3 is 0 Å². The molecule has 0 radical (unpaired) electrons. The van der Waals surface area contributed by atoms with Crippen LogP contribution in [0.4, 0.5) is 5.82 Å². The minimum Gasteiger partial charge on any atom is -0.362 e. The minimum absolute atomic E-state index is 0.0436. The lowest BCUT2D eigenvalue weighted by atomic mass is 9.99. The summed E-state index contributed by atoms with van der Waals surface area (Å²) in [5, 5.41) is 0. The molecule has 4 rings (SSSR count). The highest BCUT2D eigenvalue weighted by Gasteiger charge is 2.25. The van der Waals surface area contributed by atoms with Crippen LogP contribution in [0.3, 0.4) is 0 Å². The lowest BCUT2D eigenvalue weighted by Gasteiger charge is -2.30. The molecule has 1 aliphatic rings. The number of amides is 1. The summed E-state index contributed by atoms with van der Waals surface area (Å²) in [4.78, 5) is 22.0. The number of hydrogen-bond donors (Lipinski definition) is 0. The molecular formula is C24H25N3O. The SMILES string of the molecule is Cc1ccccc1-c1ccc(C(=O)N2CCc3ccccc3C2)c(N(C)C)n1. The topological polar surface area (TPSA) is 36.4 Å². The molecule has 0 N–H and O–H groups in total. The normalized spacial score (nSPS) is 13.2. The molecule has 0 saturated heterocycles. The number of nitrogens with zero attached hydrogens (tertiary/aromatic N) is 3. The first-order chi connectivity index (χ1) is 13.5. The van der Waals surface area contributed by atoms with E-state index in [1.165, 1.54) is 16.7 Å². The molecule has 2 aromatic carbocycles. The Morgan fingerprint density at radius 3 is 2.43 bits per heavy atom. The summed E-state index contributed by atoms with van der Waals surface area (Å²) in [5.41, 5.74) is 6.39. The number of pyridine rings is 1. The Balaban J connectivity index is 1.68. The van der Waals surface area contributed by atoms with Crippen molar-refractivity contribution in [2.45, 2.75) is 19.9 Å². The second kappa shape index (κ2) is 7.47. The highest BCUT2D eigenvalue weighted by atomic mass is 16.2. The standard InChI is InChI=1S/C24H25N3O/c1-17-8-4-7-11-20(17)22-13-12-21(23(25-22)26(2)3)24(28)27-15-14-18-9-5-6-10-19(18)16-27/h4-13H,14-16H2,1-3H3. The Labute approximate surface area is 166 Å². The Kier molecular flexibility index (Phi) is 4.86. The fourth-order valence-electron chi connectivity index (χ4n) is 3.81. The molecule has 1 amide bonds. The van der Waals surface area contributed by atoms with Crippen molar-refractivity contribution in [2.75, 3.05) is 25.5 Å². The van der Waals surface area contributed by atoms with E-state index in [9.17, 15) is 4.79 Å². The van der Waals surface area contributed by atoms with E-state index >= 15 is 0 Å². The van der Waals surface area contributed by atoms with Gasteiger partial charge in [-0.05, 0) is 42.2 Å². The van der Waals surface area contributed by atoms with E-state index in [1.807, 2.05) is 54.2 Å². The number of benzene rings is 2. The summed E-state index contributed by atoms with van der Waals surface area (Å²) < 4.78 is 0. The van der Waals surface area contributed by atoms with Crippen LogP contribution < -0.4 is 4.90 Å². The van der Waals surface area contributed by atoms with Crippen LogP contribution in [0.25, 0.3) is 11.3 Å². The van der Waals surface area contributed by atoms with Gasteiger partial charge in [-0.2, -0.15) is 0 Å². The van der Waals surface area contributed by atoms with Crippen LogP contribution in [-0.4, -0.2) is 36.4 Å². The summed E-state index contributed by atoms with van der Waals surface area (Å²) in [5.74, 6) is 0.756. The van der Waals surface area contributed by atoms with Crippen molar-refractivity contribution in [1.29, 1.82) is 0 Å². The van der Waals surface area contributed by atoms with Gasteiger partial charge in [0.25, 0.3) is 5.91 Å². The number of anilines is 1. The monoisotopic (exact) mass is 371 g/mol. The third-order valence-electron chi connectivity index (χ3n) is 5.37. The van der Waals surface area contributed by atoms with Gasteiger partial charge in [0, 0.05) is 32.7 Å². The maximum Gasteiger partial charge on any atom is 0.257 e. The van der Waals surface area contributed by atoms with Crippen LogP contribution in [0.2, 0.25) is 0 Å². The van der Waals surface area contributed by atoms with Crippen LogP contribution in [-0.2, 0) is 13.0 Å². The maximum absolute atomic E-state index is 13.3. The molecule has 0 atom stereocenters. The van der Waals surface area contributed by atoms with Gasteiger partial charge < -0.3 is 9.80 Å². The predicted molar refractivity (Wildman–Crippen MR) is 114 cm³/mol. The second-order valence-electron chi connectivity index (χ2n) is 7.52. The molecular weight excluding hydrogens is 346 g/mol. The maximum atomic E-state index is 13.3. The van der Waals surface area contributed by atoms with Crippen molar-refractivity contribution >= 4 is 11.7 Å². The first kappa shape index (κ1) is 18.2. The van der Waals surface area contributed by atoms with E-state index in [4.69, 9.17) is 4.98 Å². The van der Waals surface area contributed by atoms with Crippen molar-refractivity contribution in [2.24, 2.45) is 0 Å². The van der Waals surface area contributed by atoms with Crippen molar-refractivity contribution in [3.63, 3.8) is 0 Å². The van der Waals surface area contributed by atoms with E-state index in [2.05, 4.69) is 37.3 Å². The quantitative estimate of drug-likeness (QED) is 0.688. The molecule has 0 bridgehead atoms. The number of carbonyl (C=O) groups excluding carboxylic acids is 1. The van der Waals surface area contributed by atoms with E-state index in [1.54, 1.807) is 0 Å². The second-order valence-corrected chi connectivity index (χ2v) is 7.52. The van der Waals surface area contributed by atoms with Gasteiger partial charge in [0.05, 0.1) is 11.3 Å². The average molecular weight is 371 g/mol. The Morgan fingerprint density at radius 1 is 0.964 bits per heavy atom. The molecule has 0 spiro atoms. The molecule has 3 aromatic rings. The summed E-state index contributed by atoms with van der Waals surface area (Å²) in [6.07, 6.45) is 0.897.